The van der Waals surface area contributed by atoms with Crippen LogP contribution >= 0.6 is 27.5 Å². The van der Waals surface area contributed by atoms with E-state index in [1.165, 1.54) is 5.56 Å². The molecule has 1 rings (SSSR count). The number of hydrogen-bond donors (Lipinski definition) is 1. The van der Waals surface area contributed by atoms with Crippen LogP contribution in [0, 0.1) is 12.8 Å². The third-order valence-electron chi connectivity index (χ3n) is 2.51. The highest BCUT2D eigenvalue weighted by atomic mass is 79.9. The normalized spacial score (nSPS) is 12.5. The minimum atomic E-state index is 0.595. The number of hydrogen-bond acceptors (Lipinski definition) is 2. The van der Waals surface area contributed by atoms with Crippen molar-refractivity contribution in [2.24, 2.45) is 5.92 Å². The number of anilines is 1. The summed E-state index contributed by atoms with van der Waals surface area (Å²) in [6.07, 6.45) is 4.10. The fourth-order valence-corrected chi connectivity index (χ4v) is 1.93. The van der Waals surface area contributed by atoms with Gasteiger partial charge in [-0.25, -0.2) is 4.98 Å². The molecular formula is C12H18BrClN2. The molecule has 0 saturated heterocycles. The molecule has 1 atom stereocenters. The van der Waals surface area contributed by atoms with Crippen LogP contribution in [0.1, 0.15) is 25.3 Å². The quantitative estimate of drug-likeness (QED) is 0.629. The second-order valence-corrected chi connectivity index (χ2v) is 5.22. The Bertz CT molecular complexity index is 331. The van der Waals surface area contributed by atoms with Crippen LogP contribution in [0.25, 0.3) is 0 Å². The Balaban J connectivity index is 2.35. The molecule has 0 aliphatic heterocycles. The maximum Gasteiger partial charge on any atom is 0.140 e. The van der Waals surface area contributed by atoms with E-state index in [4.69, 9.17) is 11.6 Å². The molecule has 1 unspecified atom stereocenters. The summed E-state index contributed by atoms with van der Waals surface area (Å²) >= 11 is 9.28. The summed E-state index contributed by atoms with van der Waals surface area (Å²) in [5.74, 6) is 2.27. The Morgan fingerprint density at radius 1 is 1.56 bits per heavy atom. The van der Waals surface area contributed by atoms with Crippen molar-refractivity contribution >= 4 is 33.3 Å². The van der Waals surface area contributed by atoms with Crippen molar-refractivity contribution < 1.29 is 0 Å². The Kier molecular flexibility index (Phi) is 6.14. The van der Waals surface area contributed by atoms with Crippen LogP contribution in [0.5, 0.6) is 0 Å². The van der Waals surface area contributed by atoms with E-state index in [0.29, 0.717) is 5.92 Å². The maximum absolute atomic E-state index is 5.75. The zero-order valence-corrected chi connectivity index (χ0v) is 12.1. The molecule has 0 saturated carbocycles. The fourth-order valence-electron chi connectivity index (χ4n) is 1.40. The first kappa shape index (κ1) is 13.8. The van der Waals surface area contributed by atoms with E-state index in [0.717, 1.165) is 35.6 Å². The predicted molar refractivity (Wildman–Crippen MR) is 74.3 cm³/mol. The van der Waals surface area contributed by atoms with Crippen molar-refractivity contribution in [2.45, 2.75) is 26.7 Å². The molecule has 0 fully saturated rings. The molecule has 1 heterocycles. The van der Waals surface area contributed by atoms with E-state index >= 15 is 0 Å². The van der Waals surface area contributed by atoms with Gasteiger partial charge >= 0.3 is 0 Å². The van der Waals surface area contributed by atoms with Gasteiger partial charge in [-0.1, -0.05) is 6.92 Å². The smallest absolute Gasteiger partial charge is 0.140 e. The monoisotopic (exact) mass is 304 g/mol. The third kappa shape index (κ3) is 4.30. The van der Waals surface area contributed by atoms with Crippen LogP contribution in [-0.2, 0) is 0 Å². The first-order chi connectivity index (χ1) is 7.65. The summed E-state index contributed by atoms with van der Waals surface area (Å²) in [4.78, 5) is 4.29. The molecule has 0 radical (unpaired) electrons. The zero-order chi connectivity index (χ0) is 12.0. The van der Waals surface area contributed by atoms with Gasteiger partial charge in [-0.3, -0.25) is 0 Å². The van der Waals surface area contributed by atoms with Crippen molar-refractivity contribution in [2.75, 3.05) is 17.7 Å². The average Bonchev–Trinajstić information content (AvgIpc) is 2.29. The van der Waals surface area contributed by atoms with Crippen molar-refractivity contribution in [3.8, 4) is 0 Å². The van der Waals surface area contributed by atoms with Gasteiger partial charge in [-0.15, -0.1) is 11.6 Å². The molecule has 0 spiro atoms. The summed E-state index contributed by atoms with van der Waals surface area (Å²) in [5, 5.41) is 3.33. The number of rotatable bonds is 6. The molecule has 0 aliphatic rings. The topological polar surface area (TPSA) is 24.9 Å². The Morgan fingerprint density at radius 2 is 2.31 bits per heavy atom. The van der Waals surface area contributed by atoms with Crippen LogP contribution in [0.3, 0.4) is 0 Å². The largest absolute Gasteiger partial charge is 0.369 e. The lowest BCUT2D eigenvalue weighted by molar-refractivity contribution is 0.572. The molecule has 0 aliphatic carbocycles. The van der Waals surface area contributed by atoms with Crippen LogP contribution in [0.4, 0.5) is 5.82 Å². The van der Waals surface area contributed by atoms with E-state index in [1.54, 1.807) is 0 Å². The molecule has 16 heavy (non-hydrogen) atoms. The molecule has 0 amide bonds. The minimum absolute atomic E-state index is 0.595. The number of aromatic nitrogens is 1. The first-order valence-corrected chi connectivity index (χ1v) is 6.88. The van der Waals surface area contributed by atoms with Gasteiger partial charge in [0.25, 0.3) is 0 Å². The van der Waals surface area contributed by atoms with Crippen molar-refractivity contribution in [3.05, 3.63) is 22.3 Å². The highest BCUT2D eigenvalue weighted by molar-refractivity contribution is 9.10. The Hall–Kier alpha value is -0.280. The predicted octanol–water partition coefficient (Wildman–Crippen LogP) is 4.22. The van der Waals surface area contributed by atoms with Crippen molar-refractivity contribution in [1.29, 1.82) is 0 Å². The lowest BCUT2D eigenvalue weighted by atomic mass is 10.1. The Labute approximate surface area is 111 Å². The lowest BCUT2D eigenvalue weighted by Gasteiger charge is -2.10. The van der Waals surface area contributed by atoms with Crippen molar-refractivity contribution in [1.82, 2.24) is 4.98 Å². The van der Waals surface area contributed by atoms with Crippen LogP contribution in [-0.4, -0.2) is 17.4 Å². The van der Waals surface area contributed by atoms with E-state index in [1.807, 2.05) is 12.3 Å². The lowest BCUT2D eigenvalue weighted by Crippen LogP contribution is -2.07. The van der Waals surface area contributed by atoms with Crippen LogP contribution in [0.2, 0.25) is 0 Å². The molecule has 0 bridgehead atoms. The fraction of sp³-hybridized carbons (Fsp3) is 0.583. The second-order valence-electron chi connectivity index (χ2n) is 4.12. The molecule has 0 aromatic carbocycles. The highest BCUT2D eigenvalue weighted by Crippen LogP contribution is 2.23. The molecule has 4 heteroatoms. The number of nitrogens with one attached hydrogen (secondary N) is 1. The molecule has 1 N–H and O–H groups in total. The number of aryl methyl sites for hydroxylation is 1. The molecular weight excluding hydrogens is 288 g/mol. The summed E-state index contributed by atoms with van der Waals surface area (Å²) < 4.78 is 1.06. The van der Waals surface area contributed by atoms with Gasteiger partial charge in [-0.05, 0) is 53.2 Å². The number of alkyl halides is 1. The van der Waals surface area contributed by atoms with Gasteiger partial charge < -0.3 is 5.32 Å². The average molecular weight is 306 g/mol. The molecule has 90 valence electrons. The zero-order valence-electron chi connectivity index (χ0n) is 9.76. The van der Waals surface area contributed by atoms with Crippen LogP contribution < -0.4 is 5.32 Å². The summed E-state index contributed by atoms with van der Waals surface area (Å²) in [6.45, 7) is 5.18. The summed E-state index contributed by atoms with van der Waals surface area (Å²) in [7, 11) is 0. The number of nitrogens with zero attached hydrogens (tertiary/aromatic N) is 1. The summed E-state index contributed by atoms with van der Waals surface area (Å²) in [6, 6.07) is 1.99. The van der Waals surface area contributed by atoms with Gasteiger partial charge in [0.1, 0.15) is 5.82 Å². The molecule has 2 nitrogen and oxygen atoms in total. The van der Waals surface area contributed by atoms with Crippen LogP contribution in [0.15, 0.2) is 16.7 Å². The first-order valence-electron chi connectivity index (χ1n) is 5.56. The van der Waals surface area contributed by atoms with Gasteiger partial charge in [0.2, 0.25) is 0 Å². The van der Waals surface area contributed by atoms with E-state index < -0.39 is 0 Å². The third-order valence-corrected chi connectivity index (χ3v) is 4.04. The molecule has 1 aromatic heterocycles. The summed E-state index contributed by atoms with van der Waals surface area (Å²) in [5.41, 5.74) is 1.20. The second kappa shape index (κ2) is 7.13. The highest BCUT2D eigenvalue weighted by Gasteiger charge is 2.03. The molecule has 1 aromatic rings. The number of pyridine rings is 1. The van der Waals surface area contributed by atoms with E-state index in [-0.39, 0.29) is 0 Å². The van der Waals surface area contributed by atoms with Gasteiger partial charge in [0.15, 0.2) is 0 Å². The van der Waals surface area contributed by atoms with Gasteiger partial charge in [0.05, 0.1) is 4.47 Å². The van der Waals surface area contributed by atoms with Gasteiger partial charge in [0, 0.05) is 18.6 Å². The maximum atomic E-state index is 5.75. The number of halogens is 2. The SMILES string of the molecule is Cc1ccnc(NCCCC(C)CCl)c1Br. The van der Waals surface area contributed by atoms with E-state index in [9.17, 15) is 0 Å². The van der Waals surface area contributed by atoms with Gasteiger partial charge in [-0.2, -0.15) is 0 Å². The van der Waals surface area contributed by atoms with Crippen molar-refractivity contribution in [3.63, 3.8) is 0 Å². The Morgan fingerprint density at radius 3 is 3.00 bits per heavy atom. The van der Waals surface area contributed by atoms with E-state index in [2.05, 4.69) is 40.1 Å². The standard InChI is InChI=1S/C12H18BrClN2/c1-9(8-14)4-3-6-15-12-11(13)10(2)5-7-16-12/h5,7,9H,3-4,6,8H2,1-2H3,(H,15,16). The minimum Gasteiger partial charge on any atom is -0.369 e.